The molecule has 2 N–H and O–H groups in total. The molecule has 5 heteroatoms. The molecule has 0 radical (unpaired) electrons. The van der Waals surface area contributed by atoms with Gasteiger partial charge in [0.25, 0.3) is 0 Å². The van der Waals surface area contributed by atoms with Crippen LogP contribution < -0.4 is 10.6 Å². The molecule has 0 aliphatic carbocycles. The first kappa shape index (κ1) is 17.7. The Kier molecular flexibility index (Phi) is 6.09. The van der Waals surface area contributed by atoms with Crippen molar-refractivity contribution in [2.24, 2.45) is 0 Å². The Balaban J connectivity index is 1.91. The van der Waals surface area contributed by atoms with Crippen LogP contribution in [-0.2, 0) is 13.1 Å². The van der Waals surface area contributed by atoms with Gasteiger partial charge in [-0.25, -0.2) is 4.79 Å². The number of ketones is 1. The summed E-state index contributed by atoms with van der Waals surface area (Å²) in [5.41, 5.74) is 3.42. The van der Waals surface area contributed by atoms with E-state index in [1.54, 1.807) is 24.3 Å². The van der Waals surface area contributed by atoms with Crippen LogP contribution in [0.1, 0.15) is 28.4 Å². The minimum absolute atomic E-state index is 0.0308. The van der Waals surface area contributed by atoms with Crippen LogP contribution in [0.25, 0.3) is 0 Å². The Morgan fingerprint density at radius 2 is 1.71 bits per heavy atom. The molecule has 2 aromatic rings. The number of anilines is 1. The van der Waals surface area contributed by atoms with Gasteiger partial charge >= 0.3 is 6.03 Å². The van der Waals surface area contributed by atoms with Gasteiger partial charge in [0.05, 0.1) is 0 Å². The lowest BCUT2D eigenvalue weighted by Gasteiger charge is -2.12. The molecule has 0 bridgehead atoms. The van der Waals surface area contributed by atoms with E-state index in [1.165, 1.54) is 12.5 Å². The SMILES string of the molecule is CC(=O)c1cccc(NC(=O)NCc2cccc(CN(C)C)c2)c1. The van der Waals surface area contributed by atoms with Crippen molar-refractivity contribution in [1.29, 1.82) is 0 Å². The summed E-state index contributed by atoms with van der Waals surface area (Å²) in [7, 11) is 4.04. The van der Waals surface area contributed by atoms with Crippen LogP contribution in [-0.4, -0.2) is 30.8 Å². The minimum atomic E-state index is -0.297. The van der Waals surface area contributed by atoms with Crippen LogP contribution in [0.4, 0.5) is 10.5 Å². The molecule has 0 saturated carbocycles. The van der Waals surface area contributed by atoms with Crippen molar-refractivity contribution >= 4 is 17.5 Å². The Labute approximate surface area is 142 Å². The highest BCUT2D eigenvalue weighted by atomic mass is 16.2. The molecule has 2 aromatic carbocycles. The molecule has 0 aromatic heterocycles. The highest BCUT2D eigenvalue weighted by Crippen LogP contribution is 2.11. The molecule has 0 aliphatic heterocycles. The summed E-state index contributed by atoms with van der Waals surface area (Å²) < 4.78 is 0. The average Bonchev–Trinajstić information content (AvgIpc) is 2.53. The Bertz CT molecular complexity index is 726. The molecule has 126 valence electrons. The number of amides is 2. The zero-order chi connectivity index (χ0) is 17.5. The predicted molar refractivity (Wildman–Crippen MR) is 96.1 cm³/mol. The van der Waals surface area contributed by atoms with Gasteiger partial charge in [0.15, 0.2) is 5.78 Å². The van der Waals surface area contributed by atoms with Crippen LogP contribution in [0.3, 0.4) is 0 Å². The van der Waals surface area contributed by atoms with Gasteiger partial charge < -0.3 is 15.5 Å². The van der Waals surface area contributed by atoms with Crippen molar-refractivity contribution in [2.75, 3.05) is 19.4 Å². The van der Waals surface area contributed by atoms with Crippen molar-refractivity contribution in [3.8, 4) is 0 Å². The lowest BCUT2D eigenvalue weighted by Crippen LogP contribution is -2.28. The third-order valence-corrected chi connectivity index (χ3v) is 3.47. The second-order valence-electron chi connectivity index (χ2n) is 6.00. The normalized spacial score (nSPS) is 10.5. The maximum absolute atomic E-state index is 12.0. The number of carbonyl (C=O) groups is 2. The minimum Gasteiger partial charge on any atom is -0.334 e. The van der Waals surface area contributed by atoms with Crippen molar-refractivity contribution in [1.82, 2.24) is 10.2 Å². The fourth-order valence-corrected chi connectivity index (χ4v) is 2.38. The molecule has 0 spiro atoms. The number of Topliss-reactive ketones (excluding diaryl/α,β-unsaturated/α-hetero) is 1. The van der Waals surface area contributed by atoms with Crippen molar-refractivity contribution in [2.45, 2.75) is 20.0 Å². The van der Waals surface area contributed by atoms with Crippen molar-refractivity contribution < 1.29 is 9.59 Å². The molecule has 2 amide bonds. The van der Waals surface area contributed by atoms with Gasteiger partial charge in [-0.3, -0.25) is 4.79 Å². The first-order chi connectivity index (χ1) is 11.4. The molecule has 0 atom stereocenters. The van der Waals surface area contributed by atoms with Gasteiger partial charge in [-0.1, -0.05) is 36.4 Å². The summed E-state index contributed by atoms with van der Waals surface area (Å²) in [6.45, 7) is 2.80. The van der Waals surface area contributed by atoms with E-state index in [9.17, 15) is 9.59 Å². The monoisotopic (exact) mass is 325 g/mol. The Hall–Kier alpha value is -2.66. The number of carbonyl (C=O) groups excluding carboxylic acids is 2. The summed E-state index contributed by atoms with van der Waals surface area (Å²) >= 11 is 0. The second-order valence-corrected chi connectivity index (χ2v) is 6.00. The molecule has 0 heterocycles. The van der Waals surface area contributed by atoms with Crippen LogP contribution in [0.5, 0.6) is 0 Å². The Morgan fingerprint density at radius 3 is 2.42 bits per heavy atom. The number of nitrogens with one attached hydrogen (secondary N) is 2. The molecule has 0 saturated heterocycles. The summed E-state index contributed by atoms with van der Waals surface area (Å²) in [4.78, 5) is 25.5. The van der Waals surface area contributed by atoms with Crippen molar-refractivity contribution in [3.63, 3.8) is 0 Å². The number of hydrogen-bond donors (Lipinski definition) is 2. The summed E-state index contributed by atoms with van der Waals surface area (Å²) in [6.07, 6.45) is 0. The highest BCUT2D eigenvalue weighted by molar-refractivity contribution is 5.96. The van der Waals surface area contributed by atoms with Crippen LogP contribution >= 0.6 is 0 Å². The van der Waals surface area contributed by atoms with E-state index < -0.39 is 0 Å². The second kappa shape index (κ2) is 8.26. The first-order valence-corrected chi connectivity index (χ1v) is 7.82. The largest absolute Gasteiger partial charge is 0.334 e. The van der Waals surface area contributed by atoms with Gasteiger partial charge in [-0.05, 0) is 44.3 Å². The molecule has 24 heavy (non-hydrogen) atoms. The zero-order valence-corrected chi connectivity index (χ0v) is 14.3. The Morgan fingerprint density at radius 1 is 1.00 bits per heavy atom. The maximum Gasteiger partial charge on any atom is 0.319 e. The van der Waals surface area contributed by atoms with E-state index in [2.05, 4.69) is 27.7 Å². The summed E-state index contributed by atoms with van der Waals surface area (Å²) in [6, 6.07) is 14.7. The lowest BCUT2D eigenvalue weighted by molar-refractivity contribution is 0.101. The zero-order valence-electron chi connectivity index (χ0n) is 14.3. The number of rotatable bonds is 6. The fraction of sp³-hybridized carbons (Fsp3) is 0.263. The predicted octanol–water partition coefficient (Wildman–Crippen LogP) is 3.27. The fourth-order valence-electron chi connectivity index (χ4n) is 2.38. The standard InChI is InChI=1S/C19H23N3O2/c1-14(23)17-8-5-9-18(11-17)21-19(24)20-12-15-6-4-7-16(10-15)13-22(2)3/h4-11H,12-13H2,1-3H3,(H2,20,21,24). The summed E-state index contributed by atoms with van der Waals surface area (Å²) in [5, 5.41) is 5.57. The average molecular weight is 325 g/mol. The van der Waals surface area contributed by atoms with E-state index in [0.29, 0.717) is 17.8 Å². The molecule has 2 rings (SSSR count). The van der Waals surface area contributed by atoms with Gasteiger partial charge in [-0.15, -0.1) is 0 Å². The smallest absolute Gasteiger partial charge is 0.319 e. The van der Waals surface area contributed by atoms with Crippen LogP contribution in [0.15, 0.2) is 48.5 Å². The van der Waals surface area contributed by atoms with E-state index in [0.717, 1.165) is 12.1 Å². The van der Waals surface area contributed by atoms with Gasteiger partial charge in [0, 0.05) is 24.3 Å². The quantitative estimate of drug-likeness (QED) is 0.801. The third-order valence-electron chi connectivity index (χ3n) is 3.47. The van der Waals surface area contributed by atoms with Crippen LogP contribution in [0, 0.1) is 0 Å². The van der Waals surface area contributed by atoms with Gasteiger partial charge in [0.2, 0.25) is 0 Å². The van der Waals surface area contributed by atoms with Crippen molar-refractivity contribution in [3.05, 3.63) is 65.2 Å². The van der Waals surface area contributed by atoms with E-state index in [-0.39, 0.29) is 11.8 Å². The summed E-state index contributed by atoms with van der Waals surface area (Å²) in [5.74, 6) is -0.0308. The number of hydrogen-bond acceptors (Lipinski definition) is 3. The molecule has 5 nitrogen and oxygen atoms in total. The molecular formula is C19H23N3O2. The maximum atomic E-state index is 12.0. The number of urea groups is 1. The number of benzene rings is 2. The molecule has 0 aliphatic rings. The molecule has 0 fully saturated rings. The third kappa shape index (κ3) is 5.52. The molecular weight excluding hydrogens is 302 g/mol. The molecule has 0 unspecified atom stereocenters. The van der Waals surface area contributed by atoms with Gasteiger partial charge in [-0.2, -0.15) is 0 Å². The van der Waals surface area contributed by atoms with Crippen LogP contribution in [0.2, 0.25) is 0 Å². The highest BCUT2D eigenvalue weighted by Gasteiger charge is 2.05. The topological polar surface area (TPSA) is 61.4 Å². The van der Waals surface area contributed by atoms with E-state index in [4.69, 9.17) is 0 Å². The lowest BCUT2D eigenvalue weighted by atomic mass is 10.1. The van der Waals surface area contributed by atoms with E-state index in [1.807, 2.05) is 26.2 Å². The first-order valence-electron chi connectivity index (χ1n) is 7.82. The number of nitrogens with zero attached hydrogens (tertiary/aromatic N) is 1. The van der Waals surface area contributed by atoms with E-state index >= 15 is 0 Å². The van der Waals surface area contributed by atoms with Gasteiger partial charge in [0.1, 0.15) is 0 Å².